The van der Waals surface area contributed by atoms with E-state index in [4.69, 9.17) is 5.73 Å². The summed E-state index contributed by atoms with van der Waals surface area (Å²) in [5, 5.41) is 22.4. The van der Waals surface area contributed by atoms with Crippen LogP contribution in [0.4, 0.5) is 11.8 Å². The fourth-order valence-corrected chi connectivity index (χ4v) is 2.02. The van der Waals surface area contributed by atoms with Crippen molar-refractivity contribution in [1.29, 1.82) is 0 Å². The third kappa shape index (κ3) is 4.24. The molecule has 1 atom stereocenters. The second kappa shape index (κ2) is 6.19. The summed E-state index contributed by atoms with van der Waals surface area (Å²) in [5.74, 6) is 0.644. The van der Waals surface area contributed by atoms with Crippen LogP contribution >= 0.6 is 0 Å². The van der Waals surface area contributed by atoms with Crippen LogP contribution in [-0.2, 0) is 0 Å². The number of nitrogens with two attached hydrogens (primary N) is 1. The smallest absolute Gasteiger partial charge is 0.222 e. The van der Waals surface area contributed by atoms with E-state index in [0.717, 1.165) is 0 Å². The summed E-state index contributed by atoms with van der Waals surface area (Å²) in [6, 6.07) is 3.34. The van der Waals surface area contributed by atoms with Crippen molar-refractivity contribution in [2.24, 2.45) is 0 Å². The van der Waals surface area contributed by atoms with E-state index >= 15 is 0 Å². The van der Waals surface area contributed by atoms with Crippen LogP contribution in [0.1, 0.15) is 26.7 Å². The van der Waals surface area contributed by atoms with Crippen LogP contribution in [0.5, 0.6) is 0 Å². The van der Waals surface area contributed by atoms with Crippen molar-refractivity contribution in [3.05, 3.63) is 18.3 Å². The van der Waals surface area contributed by atoms with E-state index in [1.807, 2.05) is 0 Å². The van der Waals surface area contributed by atoms with Crippen LogP contribution in [0.25, 0.3) is 11.0 Å². The molecular weight excluding hydrogens is 270 g/mol. The van der Waals surface area contributed by atoms with E-state index in [1.54, 1.807) is 32.2 Å². The topological polar surface area (TPSA) is 117 Å². The van der Waals surface area contributed by atoms with Crippen molar-refractivity contribution in [1.82, 2.24) is 15.0 Å². The molecule has 114 valence electrons. The van der Waals surface area contributed by atoms with Crippen LogP contribution in [0.15, 0.2) is 18.3 Å². The maximum absolute atomic E-state index is 9.78. The molecule has 0 aliphatic carbocycles. The molecule has 7 nitrogen and oxygen atoms in total. The van der Waals surface area contributed by atoms with Gasteiger partial charge in [-0.2, -0.15) is 4.98 Å². The molecule has 2 rings (SSSR count). The first kappa shape index (κ1) is 15.4. The molecule has 0 aliphatic heterocycles. The summed E-state index contributed by atoms with van der Waals surface area (Å²) in [6.07, 6.45) is 2.80. The number of hydrogen-bond acceptors (Lipinski definition) is 7. The Morgan fingerprint density at radius 3 is 2.81 bits per heavy atom. The Hall–Kier alpha value is -1.99. The van der Waals surface area contributed by atoms with Crippen molar-refractivity contribution in [3.8, 4) is 0 Å². The lowest BCUT2D eigenvalue weighted by Gasteiger charge is -2.22. The van der Waals surface area contributed by atoms with Gasteiger partial charge in [-0.25, -0.2) is 4.98 Å². The second-order valence-electron chi connectivity index (χ2n) is 5.68. The van der Waals surface area contributed by atoms with Gasteiger partial charge in [-0.1, -0.05) is 0 Å². The minimum absolute atomic E-state index is 0.0751. The standard InChI is InChI=1S/C14H21N5O2/c1-14(2,21)6-5-9(8-20)17-12-11-10(4-3-7-16-11)18-13(15)19-12/h3-4,7,9,20-21H,5-6,8H2,1-2H3,(H3,15,17,18,19)/t9-/m1/s1. The zero-order valence-corrected chi connectivity index (χ0v) is 12.2. The molecule has 7 heteroatoms. The third-order valence-corrected chi connectivity index (χ3v) is 3.14. The average Bonchev–Trinajstić information content (AvgIpc) is 2.42. The number of aromatic nitrogens is 3. The molecule has 0 saturated carbocycles. The number of fused-ring (bicyclic) bond motifs is 1. The molecule has 5 N–H and O–H groups in total. The lowest BCUT2D eigenvalue weighted by molar-refractivity contribution is 0.0653. The van der Waals surface area contributed by atoms with Crippen LogP contribution in [-0.4, -0.2) is 43.4 Å². The van der Waals surface area contributed by atoms with Gasteiger partial charge in [-0.15, -0.1) is 0 Å². The number of hydrogen-bond donors (Lipinski definition) is 4. The van der Waals surface area contributed by atoms with Crippen molar-refractivity contribution >= 4 is 22.8 Å². The van der Waals surface area contributed by atoms with Gasteiger partial charge in [0.1, 0.15) is 5.52 Å². The minimum Gasteiger partial charge on any atom is -0.394 e. The monoisotopic (exact) mass is 291 g/mol. The Morgan fingerprint density at radius 1 is 1.38 bits per heavy atom. The van der Waals surface area contributed by atoms with Gasteiger partial charge in [-0.05, 0) is 38.8 Å². The van der Waals surface area contributed by atoms with Gasteiger partial charge in [0.05, 0.1) is 23.8 Å². The van der Waals surface area contributed by atoms with E-state index < -0.39 is 5.60 Å². The predicted octanol–water partition coefficient (Wildman–Crippen LogP) is 0.931. The molecule has 0 bridgehead atoms. The van der Waals surface area contributed by atoms with E-state index in [2.05, 4.69) is 20.3 Å². The summed E-state index contributed by atoms with van der Waals surface area (Å²) >= 11 is 0. The first-order valence-corrected chi connectivity index (χ1v) is 6.87. The fourth-order valence-electron chi connectivity index (χ4n) is 2.02. The molecule has 0 amide bonds. The van der Waals surface area contributed by atoms with E-state index in [9.17, 15) is 10.2 Å². The Labute approximate surface area is 123 Å². The van der Waals surface area contributed by atoms with Gasteiger partial charge in [0.15, 0.2) is 5.82 Å². The molecule has 0 saturated heterocycles. The molecule has 0 aromatic carbocycles. The Kier molecular flexibility index (Phi) is 4.54. The van der Waals surface area contributed by atoms with E-state index in [-0.39, 0.29) is 18.6 Å². The molecule has 0 fully saturated rings. The zero-order valence-electron chi connectivity index (χ0n) is 12.2. The predicted molar refractivity (Wildman–Crippen MR) is 81.8 cm³/mol. The zero-order chi connectivity index (χ0) is 15.5. The highest BCUT2D eigenvalue weighted by Crippen LogP contribution is 2.21. The Bertz CT molecular complexity index is 612. The number of aliphatic hydroxyl groups excluding tert-OH is 1. The molecule has 2 aromatic rings. The summed E-state index contributed by atoms with van der Waals surface area (Å²) in [6.45, 7) is 3.40. The quantitative estimate of drug-likeness (QED) is 0.625. The van der Waals surface area contributed by atoms with E-state index in [1.165, 1.54) is 0 Å². The molecule has 0 radical (unpaired) electrons. The Balaban J connectivity index is 2.21. The summed E-state index contributed by atoms with van der Waals surface area (Å²) in [7, 11) is 0. The molecule has 0 unspecified atom stereocenters. The summed E-state index contributed by atoms with van der Waals surface area (Å²) in [4.78, 5) is 12.5. The lowest BCUT2D eigenvalue weighted by atomic mass is 9.99. The third-order valence-electron chi connectivity index (χ3n) is 3.14. The van der Waals surface area contributed by atoms with Gasteiger partial charge in [0.2, 0.25) is 5.95 Å². The highest BCUT2D eigenvalue weighted by atomic mass is 16.3. The number of pyridine rings is 1. The van der Waals surface area contributed by atoms with Crippen molar-refractivity contribution in [2.75, 3.05) is 17.7 Å². The number of nitrogens with zero attached hydrogens (tertiary/aromatic N) is 3. The SMILES string of the molecule is CC(C)(O)CC[C@H](CO)Nc1nc(N)nc2cccnc12. The van der Waals surface area contributed by atoms with Crippen LogP contribution in [0.3, 0.4) is 0 Å². The van der Waals surface area contributed by atoms with Gasteiger partial charge < -0.3 is 21.3 Å². The number of anilines is 2. The number of rotatable bonds is 6. The minimum atomic E-state index is -0.778. The normalized spacial score (nSPS) is 13.3. The molecule has 0 spiro atoms. The number of aliphatic hydroxyl groups is 2. The Morgan fingerprint density at radius 2 is 2.14 bits per heavy atom. The summed E-state index contributed by atoms with van der Waals surface area (Å²) < 4.78 is 0. The number of nitrogens with one attached hydrogen (secondary N) is 1. The van der Waals surface area contributed by atoms with Crippen molar-refractivity contribution in [2.45, 2.75) is 38.3 Å². The largest absolute Gasteiger partial charge is 0.394 e. The molecule has 2 aromatic heterocycles. The van der Waals surface area contributed by atoms with Crippen LogP contribution < -0.4 is 11.1 Å². The van der Waals surface area contributed by atoms with Crippen molar-refractivity contribution < 1.29 is 10.2 Å². The van der Waals surface area contributed by atoms with Gasteiger partial charge >= 0.3 is 0 Å². The van der Waals surface area contributed by atoms with Gasteiger partial charge in [0, 0.05) is 6.20 Å². The van der Waals surface area contributed by atoms with Gasteiger partial charge in [0.25, 0.3) is 0 Å². The highest BCUT2D eigenvalue weighted by molar-refractivity contribution is 5.85. The highest BCUT2D eigenvalue weighted by Gasteiger charge is 2.18. The van der Waals surface area contributed by atoms with Gasteiger partial charge in [-0.3, -0.25) is 4.98 Å². The molecule has 21 heavy (non-hydrogen) atoms. The maximum Gasteiger partial charge on any atom is 0.222 e. The molecular formula is C14H21N5O2. The first-order valence-electron chi connectivity index (χ1n) is 6.87. The number of nitrogen functional groups attached to an aromatic ring is 1. The van der Waals surface area contributed by atoms with Crippen LogP contribution in [0, 0.1) is 0 Å². The summed E-state index contributed by atoms with van der Waals surface area (Å²) in [5.41, 5.74) is 6.17. The second-order valence-corrected chi connectivity index (χ2v) is 5.68. The molecule has 2 heterocycles. The maximum atomic E-state index is 9.78. The lowest BCUT2D eigenvalue weighted by Crippen LogP contribution is -2.29. The first-order chi connectivity index (χ1) is 9.89. The average molecular weight is 291 g/mol. The van der Waals surface area contributed by atoms with E-state index in [0.29, 0.717) is 29.7 Å². The fraction of sp³-hybridized carbons (Fsp3) is 0.500. The van der Waals surface area contributed by atoms with Crippen molar-refractivity contribution in [3.63, 3.8) is 0 Å². The van der Waals surface area contributed by atoms with Crippen LogP contribution in [0.2, 0.25) is 0 Å². The molecule has 0 aliphatic rings.